The van der Waals surface area contributed by atoms with Crippen molar-refractivity contribution in [1.29, 1.82) is 0 Å². The zero-order valence-corrected chi connectivity index (χ0v) is 10.9. The van der Waals surface area contributed by atoms with Crippen LogP contribution in [0, 0.1) is 5.82 Å². The number of halogens is 4. The Morgan fingerprint density at radius 3 is 2.19 bits per heavy atom. The molecule has 2 nitrogen and oxygen atoms in total. The maximum absolute atomic E-state index is 13.6. The van der Waals surface area contributed by atoms with E-state index in [1.807, 2.05) is 0 Å². The minimum Gasteiger partial charge on any atom is -0.406 e. The Morgan fingerprint density at radius 2 is 1.62 bits per heavy atom. The number of alkyl halides is 3. The zero-order valence-electron chi connectivity index (χ0n) is 10.9. The molecule has 0 aliphatic heterocycles. The molecular formula is C15H13F4NO. The Morgan fingerprint density at radius 1 is 1.00 bits per heavy atom. The van der Waals surface area contributed by atoms with E-state index in [1.165, 1.54) is 30.3 Å². The molecule has 6 heteroatoms. The van der Waals surface area contributed by atoms with Crippen LogP contribution >= 0.6 is 0 Å². The van der Waals surface area contributed by atoms with Crippen molar-refractivity contribution < 1.29 is 22.3 Å². The highest BCUT2D eigenvalue weighted by Gasteiger charge is 2.30. The number of nitrogens with two attached hydrogens (primary N) is 1. The smallest absolute Gasteiger partial charge is 0.406 e. The molecule has 0 aliphatic rings. The van der Waals surface area contributed by atoms with Crippen molar-refractivity contribution in [3.8, 4) is 5.75 Å². The first-order valence-electron chi connectivity index (χ1n) is 6.20. The van der Waals surface area contributed by atoms with Gasteiger partial charge in [-0.3, -0.25) is 0 Å². The van der Waals surface area contributed by atoms with Crippen molar-refractivity contribution >= 4 is 0 Å². The maximum Gasteiger partial charge on any atom is 0.573 e. The average Bonchev–Trinajstić information content (AvgIpc) is 2.40. The Kier molecular flexibility index (Phi) is 4.47. The number of benzene rings is 2. The normalized spacial score (nSPS) is 13.0. The number of hydrogen-bond donors (Lipinski definition) is 1. The molecule has 0 aliphatic carbocycles. The first-order valence-corrected chi connectivity index (χ1v) is 6.20. The number of rotatable bonds is 4. The van der Waals surface area contributed by atoms with Crippen LogP contribution in [-0.4, -0.2) is 6.36 Å². The van der Waals surface area contributed by atoms with E-state index in [4.69, 9.17) is 5.73 Å². The van der Waals surface area contributed by atoms with Crippen LogP contribution in [0.25, 0.3) is 0 Å². The SMILES string of the molecule is NC(Cc1ccc(OC(F)(F)F)cc1)c1ccccc1F. The maximum atomic E-state index is 13.6. The fourth-order valence-electron chi connectivity index (χ4n) is 1.97. The third-order valence-electron chi connectivity index (χ3n) is 2.92. The summed E-state index contributed by atoms with van der Waals surface area (Å²) in [6.45, 7) is 0. The molecule has 2 aromatic carbocycles. The van der Waals surface area contributed by atoms with E-state index >= 15 is 0 Å². The highest BCUT2D eigenvalue weighted by Crippen LogP contribution is 2.24. The molecule has 0 saturated heterocycles. The van der Waals surface area contributed by atoms with Gasteiger partial charge in [0.1, 0.15) is 11.6 Å². The van der Waals surface area contributed by atoms with E-state index in [-0.39, 0.29) is 5.75 Å². The molecule has 0 spiro atoms. The van der Waals surface area contributed by atoms with Crippen molar-refractivity contribution in [3.63, 3.8) is 0 Å². The van der Waals surface area contributed by atoms with Crippen molar-refractivity contribution in [2.75, 3.05) is 0 Å². The highest BCUT2D eigenvalue weighted by molar-refractivity contribution is 5.30. The Labute approximate surface area is 119 Å². The van der Waals surface area contributed by atoms with Gasteiger partial charge in [0, 0.05) is 11.6 Å². The lowest BCUT2D eigenvalue weighted by Crippen LogP contribution is -2.17. The number of hydrogen-bond acceptors (Lipinski definition) is 2. The van der Waals surface area contributed by atoms with Gasteiger partial charge >= 0.3 is 6.36 Å². The average molecular weight is 299 g/mol. The molecule has 0 heterocycles. The third-order valence-corrected chi connectivity index (χ3v) is 2.92. The van der Waals surface area contributed by atoms with Gasteiger partial charge in [0.15, 0.2) is 0 Å². The summed E-state index contributed by atoms with van der Waals surface area (Å²) in [6.07, 6.45) is -4.40. The Hall–Kier alpha value is -2.08. The Bertz CT molecular complexity index is 595. The summed E-state index contributed by atoms with van der Waals surface area (Å²) >= 11 is 0. The van der Waals surface area contributed by atoms with Gasteiger partial charge in [0.25, 0.3) is 0 Å². The molecule has 0 fully saturated rings. The predicted octanol–water partition coefficient (Wildman–Crippen LogP) is 3.97. The molecule has 1 atom stereocenters. The monoisotopic (exact) mass is 299 g/mol. The van der Waals surface area contributed by atoms with Gasteiger partial charge in [-0.05, 0) is 30.2 Å². The summed E-state index contributed by atoms with van der Waals surface area (Å²) in [5, 5.41) is 0. The Balaban J connectivity index is 2.05. The van der Waals surface area contributed by atoms with Crippen LogP contribution in [0.15, 0.2) is 48.5 Å². The van der Waals surface area contributed by atoms with E-state index in [0.717, 1.165) is 0 Å². The molecule has 0 saturated carbocycles. The van der Waals surface area contributed by atoms with E-state index in [2.05, 4.69) is 4.74 Å². The highest BCUT2D eigenvalue weighted by atomic mass is 19.4. The second-order valence-corrected chi connectivity index (χ2v) is 4.52. The number of ether oxygens (including phenoxy) is 1. The summed E-state index contributed by atoms with van der Waals surface area (Å²) in [5.41, 5.74) is 6.98. The lowest BCUT2D eigenvalue weighted by atomic mass is 9.99. The lowest BCUT2D eigenvalue weighted by Gasteiger charge is -2.14. The van der Waals surface area contributed by atoms with Gasteiger partial charge in [0.2, 0.25) is 0 Å². The minimum atomic E-state index is -4.72. The van der Waals surface area contributed by atoms with Crippen molar-refractivity contribution in [3.05, 3.63) is 65.5 Å². The van der Waals surface area contributed by atoms with Gasteiger partial charge in [-0.15, -0.1) is 13.2 Å². The van der Waals surface area contributed by atoms with Gasteiger partial charge in [-0.2, -0.15) is 0 Å². The van der Waals surface area contributed by atoms with E-state index in [1.54, 1.807) is 18.2 Å². The largest absolute Gasteiger partial charge is 0.573 e. The van der Waals surface area contributed by atoms with Crippen LogP contribution in [0.4, 0.5) is 17.6 Å². The van der Waals surface area contributed by atoms with Crippen molar-refractivity contribution in [1.82, 2.24) is 0 Å². The van der Waals surface area contributed by atoms with E-state index in [0.29, 0.717) is 17.5 Å². The molecule has 0 amide bonds. The minimum absolute atomic E-state index is 0.300. The van der Waals surface area contributed by atoms with Crippen LogP contribution in [-0.2, 0) is 6.42 Å². The van der Waals surface area contributed by atoms with Gasteiger partial charge in [0.05, 0.1) is 0 Å². The quantitative estimate of drug-likeness (QED) is 0.867. The second kappa shape index (κ2) is 6.13. The summed E-state index contributed by atoms with van der Waals surface area (Å²) in [7, 11) is 0. The molecule has 0 radical (unpaired) electrons. The molecule has 21 heavy (non-hydrogen) atoms. The first-order chi connectivity index (χ1) is 9.85. The molecule has 0 bridgehead atoms. The third kappa shape index (κ3) is 4.46. The van der Waals surface area contributed by atoms with E-state index < -0.39 is 18.2 Å². The molecule has 2 rings (SSSR count). The summed E-state index contributed by atoms with van der Waals surface area (Å²) < 4.78 is 53.4. The van der Waals surface area contributed by atoms with Gasteiger partial charge < -0.3 is 10.5 Å². The summed E-state index contributed by atoms with van der Waals surface area (Å²) in [4.78, 5) is 0. The zero-order chi connectivity index (χ0) is 15.5. The van der Waals surface area contributed by atoms with Crippen LogP contribution in [0.3, 0.4) is 0 Å². The van der Waals surface area contributed by atoms with Crippen LogP contribution < -0.4 is 10.5 Å². The van der Waals surface area contributed by atoms with Crippen molar-refractivity contribution in [2.45, 2.75) is 18.8 Å². The molecule has 1 unspecified atom stereocenters. The lowest BCUT2D eigenvalue weighted by molar-refractivity contribution is -0.274. The van der Waals surface area contributed by atoms with Gasteiger partial charge in [-0.1, -0.05) is 30.3 Å². The van der Waals surface area contributed by atoms with Crippen LogP contribution in [0.5, 0.6) is 5.75 Å². The molecular weight excluding hydrogens is 286 g/mol. The standard InChI is InChI=1S/C15H13F4NO/c16-13-4-2-1-3-12(13)14(20)9-10-5-7-11(8-6-10)21-15(17,18)19/h1-8,14H,9,20H2. The fourth-order valence-corrected chi connectivity index (χ4v) is 1.97. The topological polar surface area (TPSA) is 35.2 Å². The second-order valence-electron chi connectivity index (χ2n) is 4.52. The molecule has 2 aromatic rings. The van der Waals surface area contributed by atoms with E-state index in [9.17, 15) is 17.6 Å². The summed E-state index contributed by atoms with van der Waals surface area (Å²) in [6, 6.07) is 10.9. The summed E-state index contributed by atoms with van der Waals surface area (Å²) in [5.74, 6) is -0.701. The predicted molar refractivity (Wildman–Crippen MR) is 70.2 cm³/mol. The fraction of sp³-hybridized carbons (Fsp3) is 0.200. The molecule has 2 N–H and O–H groups in total. The molecule has 0 aromatic heterocycles. The first kappa shape index (κ1) is 15.3. The van der Waals surface area contributed by atoms with Crippen LogP contribution in [0.1, 0.15) is 17.2 Å². The van der Waals surface area contributed by atoms with Crippen molar-refractivity contribution in [2.24, 2.45) is 5.73 Å². The van der Waals surface area contributed by atoms with Gasteiger partial charge in [-0.25, -0.2) is 4.39 Å². The molecule has 112 valence electrons. The van der Waals surface area contributed by atoms with Crippen LogP contribution in [0.2, 0.25) is 0 Å².